The van der Waals surface area contributed by atoms with Gasteiger partial charge in [0.1, 0.15) is 0 Å². The Morgan fingerprint density at radius 1 is 0.971 bits per heavy atom. The van der Waals surface area contributed by atoms with Gasteiger partial charge in [0.2, 0.25) is 5.91 Å². The number of esters is 1. The first-order valence-electron chi connectivity index (χ1n) is 10.9. The molecule has 0 fully saturated rings. The molecule has 2 aromatic carbocycles. The molecule has 0 radical (unpaired) electrons. The summed E-state index contributed by atoms with van der Waals surface area (Å²) in [6.07, 6.45) is 0. The molecule has 2 amide bonds. The van der Waals surface area contributed by atoms with Crippen LogP contribution >= 0.6 is 0 Å². The lowest BCUT2D eigenvalue weighted by atomic mass is 9.95. The van der Waals surface area contributed by atoms with Gasteiger partial charge in [-0.25, -0.2) is 4.79 Å². The molecule has 0 saturated carbocycles. The van der Waals surface area contributed by atoms with Gasteiger partial charge >= 0.3 is 5.97 Å². The molecule has 1 N–H and O–H groups in total. The van der Waals surface area contributed by atoms with E-state index < -0.39 is 18.0 Å². The number of hydrogen-bond acceptors (Lipinski definition) is 6. The number of likely N-dealkylation sites (N-methyl/N-ethyl adjacent to an activating group) is 1. The maximum absolute atomic E-state index is 12.9. The fourth-order valence-corrected chi connectivity index (χ4v) is 3.14. The standard InChI is InChI=1S/C26H34N2O6/c1-16-9-10-18(17(2)11-16)14-28(6)23(29)15-34-24(30)19-12-21(32-7)22(33-8)13-20(19)27-25(31)26(3,4)5/h9-13H,14-15H2,1-8H3,(H,27,31). The molecule has 0 saturated heterocycles. The Bertz CT molecular complexity index is 1070. The topological polar surface area (TPSA) is 94.2 Å². The molecular formula is C26H34N2O6. The first-order valence-corrected chi connectivity index (χ1v) is 10.9. The lowest BCUT2D eigenvalue weighted by Gasteiger charge is -2.21. The van der Waals surface area contributed by atoms with Gasteiger partial charge < -0.3 is 24.4 Å². The maximum Gasteiger partial charge on any atom is 0.340 e. The summed E-state index contributed by atoms with van der Waals surface area (Å²) in [4.78, 5) is 39.6. The number of carbonyl (C=O) groups is 3. The zero-order valence-corrected chi connectivity index (χ0v) is 21.2. The number of ether oxygens (including phenoxy) is 3. The van der Waals surface area contributed by atoms with Crippen LogP contribution in [0, 0.1) is 19.3 Å². The Balaban J connectivity index is 2.18. The maximum atomic E-state index is 12.9. The predicted molar refractivity (Wildman–Crippen MR) is 130 cm³/mol. The molecule has 2 rings (SSSR count). The van der Waals surface area contributed by atoms with E-state index in [-0.39, 0.29) is 23.1 Å². The van der Waals surface area contributed by atoms with Gasteiger partial charge in [0.25, 0.3) is 5.91 Å². The molecule has 0 bridgehead atoms. The number of aryl methyl sites for hydroxylation is 2. The minimum atomic E-state index is -0.765. The van der Waals surface area contributed by atoms with Crippen LogP contribution in [0.5, 0.6) is 11.5 Å². The second-order valence-corrected chi connectivity index (χ2v) is 9.21. The highest BCUT2D eigenvalue weighted by molar-refractivity contribution is 6.04. The van der Waals surface area contributed by atoms with Crippen molar-refractivity contribution in [2.24, 2.45) is 5.41 Å². The zero-order chi connectivity index (χ0) is 25.6. The molecule has 0 aromatic heterocycles. The second-order valence-electron chi connectivity index (χ2n) is 9.21. The monoisotopic (exact) mass is 470 g/mol. The second kappa shape index (κ2) is 11.0. The van der Waals surface area contributed by atoms with Crippen LogP contribution in [-0.4, -0.2) is 50.6 Å². The number of methoxy groups -OCH3 is 2. The summed E-state index contributed by atoms with van der Waals surface area (Å²) < 4.78 is 15.9. The largest absolute Gasteiger partial charge is 0.493 e. The van der Waals surface area contributed by atoms with E-state index in [4.69, 9.17) is 14.2 Å². The van der Waals surface area contributed by atoms with E-state index in [2.05, 4.69) is 11.4 Å². The Morgan fingerprint density at radius 2 is 1.59 bits per heavy atom. The van der Waals surface area contributed by atoms with Gasteiger partial charge in [-0.3, -0.25) is 9.59 Å². The summed E-state index contributed by atoms with van der Waals surface area (Å²) >= 11 is 0. The Hall–Kier alpha value is -3.55. The number of carbonyl (C=O) groups excluding carboxylic acids is 3. The van der Waals surface area contributed by atoms with Crippen molar-refractivity contribution in [1.82, 2.24) is 4.90 Å². The van der Waals surface area contributed by atoms with Gasteiger partial charge in [-0.15, -0.1) is 0 Å². The van der Waals surface area contributed by atoms with Crippen molar-refractivity contribution in [1.29, 1.82) is 0 Å². The van der Waals surface area contributed by atoms with Crippen LogP contribution in [-0.2, 0) is 20.9 Å². The molecule has 2 aromatic rings. The first kappa shape index (κ1) is 26.7. The Morgan fingerprint density at radius 3 is 2.15 bits per heavy atom. The fourth-order valence-electron chi connectivity index (χ4n) is 3.14. The molecule has 0 atom stereocenters. The van der Waals surface area contributed by atoms with Crippen molar-refractivity contribution >= 4 is 23.5 Å². The van der Waals surface area contributed by atoms with Gasteiger partial charge in [0.05, 0.1) is 25.5 Å². The first-order chi connectivity index (χ1) is 15.9. The minimum absolute atomic E-state index is 0.0556. The van der Waals surface area contributed by atoms with Crippen molar-refractivity contribution in [2.75, 3.05) is 33.2 Å². The van der Waals surface area contributed by atoms with Crippen molar-refractivity contribution in [3.63, 3.8) is 0 Å². The molecule has 0 aliphatic rings. The number of anilines is 1. The highest BCUT2D eigenvalue weighted by Crippen LogP contribution is 2.34. The van der Waals surface area contributed by atoms with Gasteiger partial charge in [-0.2, -0.15) is 0 Å². The van der Waals surface area contributed by atoms with E-state index in [9.17, 15) is 14.4 Å². The average Bonchev–Trinajstić information content (AvgIpc) is 2.77. The number of nitrogens with zero attached hydrogens (tertiary/aromatic N) is 1. The Labute approximate surface area is 201 Å². The van der Waals surface area contributed by atoms with Gasteiger partial charge in [0, 0.05) is 31.1 Å². The number of amides is 2. The average molecular weight is 471 g/mol. The third-order valence-electron chi connectivity index (χ3n) is 5.33. The third-order valence-corrected chi connectivity index (χ3v) is 5.33. The van der Waals surface area contributed by atoms with E-state index in [1.54, 1.807) is 27.8 Å². The summed E-state index contributed by atoms with van der Waals surface area (Å²) in [7, 11) is 4.54. The Kier molecular flexibility index (Phi) is 8.68. The quantitative estimate of drug-likeness (QED) is 0.584. The van der Waals surface area contributed by atoms with Crippen LogP contribution < -0.4 is 14.8 Å². The van der Waals surface area contributed by atoms with Gasteiger partial charge in [-0.1, -0.05) is 44.5 Å². The van der Waals surface area contributed by atoms with Gasteiger partial charge in [0.15, 0.2) is 18.1 Å². The number of benzene rings is 2. The minimum Gasteiger partial charge on any atom is -0.493 e. The molecule has 0 spiro atoms. The molecule has 0 aliphatic carbocycles. The molecule has 0 unspecified atom stereocenters. The van der Waals surface area contributed by atoms with Gasteiger partial charge in [-0.05, 0) is 25.0 Å². The highest BCUT2D eigenvalue weighted by Gasteiger charge is 2.26. The summed E-state index contributed by atoms with van der Waals surface area (Å²) in [5.41, 5.74) is 2.81. The predicted octanol–water partition coefficient (Wildman–Crippen LogP) is 4.12. The highest BCUT2D eigenvalue weighted by atomic mass is 16.5. The molecule has 8 nitrogen and oxygen atoms in total. The van der Waals surface area contributed by atoms with E-state index >= 15 is 0 Å². The lowest BCUT2D eigenvalue weighted by Crippen LogP contribution is -2.31. The smallest absolute Gasteiger partial charge is 0.340 e. The van der Waals surface area contributed by atoms with E-state index in [1.165, 1.54) is 31.3 Å². The van der Waals surface area contributed by atoms with Crippen LogP contribution in [0.1, 0.15) is 47.8 Å². The van der Waals surface area contributed by atoms with Crippen molar-refractivity contribution in [3.8, 4) is 11.5 Å². The zero-order valence-electron chi connectivity index (χ0n) is 21.2. The summed E-state index contributed by atoms with van der Waals surface area (Å²) in [5.74, 6) is -0.778. The summed E-state index contributed by atoms with van der Waals surface area (Å²) in [6, 6.07) is 8.94. The molecule has 0 aliphatic heterocycles. The van der Waals surface area contributed by atoms with Crippen LogP contribution in [0.4, 0.5) is 5.69 Å². The third kappa shape index (κ3) is 6.73. The van der Waals surface area contributed by atoms with Crippen LogP contribution in [0.3, 0.4) is 0 Å². The number of rotatable bonds is 8. The van der Waals surface area contributed by atoms with Crippen molar-refractivity contribution < 1.29 is 28.6 Å². The molecule has 0 heterocycles. The molecule has 34 heavy (non-hydrogen) atoms. The summed E-state index contributed by atoms with van der Waals surface area (Å²) in [5, 5.41) is 2.74. The van der Waals surface area contributed by atoms with Crippen LogP contribution in [0.25, 0.3) is 0 Å². The van der Waals surface area contributed by atoms with E-state index in [0.717, 1.165) is 16.7 Å². The number of hydrogen-bond donors (Lipinski definition) is 1. The van der Waals surface area contributed by atoms with Crippen LogP contribution in [0.15, 0.2) is 30.3 Å². The SMILES string of the molecule is COc1cc(NC(=O)C(C)(C)C)c(C(=O)OCC(=O)N(C)Cc2ccc(C)cc2C)cc1OC. The molecule has 8 heteroatoms. The van der Waals surface area contributed by atoms with Crippen molar-refractivity contribution in [3.05, 3.63) is 52.6 Å². The van der Waals surface area contributed by atoms with E-state index in [0.29, 0.717) is 18.0 Å². The fraction of sp³-hybridized carbons (Fsp3) is 0.423. The number of nitrogens with one attached hydrogen (secondary N) is 1. The van der Waals surface area contributed by atoms with E-state index in [1.807, 2.05) is 26.0 Å². The lowest BCUT2D eigenvalue weighted by molar-refractivity contribution is -0.133. The summed E-state index contributed by atoms with van der Waals surface area (Å²) in [6.45, 7) is 9.22. The normalized spacial score (nSPS) is 10.9. The van der Waals surface area contributed by atoms with Crippen molar-refractivity contribution in [2.45, 2.75) is 41.2 Å². The molecule has 184 valence electrons. The molecular weight excluding hydrogens is 436 g/mol. The van der Waals surface area contributed by atoms with Crippen LogP contribution in [0.2, 0.25) is 0 Å².